The van der Waals surface area contributed by atoms with Crippen LogP contribution in [0.5, 0.6) is 0 Å². The maximum absolute atomic E-state index is 13.1. The highest BCUT2D eigenvalue weighted by Gasteiger charge is 2.30. The Bertz CT molecular complexity index is 2630. The number of ether oxygens (including phenoxy) is 4. The number of hydrogen-bond donors (Lipinski definition) is 3. The number of aliphatic hydroxyl groups is 1. The molecule has 0 aliphatic heterocycles. The van der Waals surface area contributed by atoms with E-state index in [1.54, 1.807) is 0 Å². The highest BCUT2D eigenvalue weighted by Crippen LogP contribution is 2.45. The minimum Gasteiger partial charge on any atom is -0.462 e. The molecule has 0 spiro atoms. The zero-order valence-corrected chi connectivity index (χ0v) is 67.8. The highest BCUT2D eigenvalue weighted by atomic mass is 31.2. The Morgan fingerprint density at radius 3 is 0.764 bits per heavy atom. The van der Waals surface area contributed by atoms with Gasteiger partial charge in [-0.05, 0) is 148 Å². The Labute approximate surface area is 642 Å². The van der Waals surface area contributed by atoms with Crippen molar-refractivity contribution in [3.63, 3.8) is 0 Å². The zero-order chi connectivity index (χ0) is 77.4. The summed E-state index contributed by atoms with van der Waals surface area (Å²) in [6.45, 7) is 4.45. The number of carbonyl (C=O) groups is 4. The first-order valence-electron chi connectivity index (χ1n) is 40.7. The van der Waals surface area contributed by atoms with Crippen molar-refractivity contribution in [1.29, 1.82) is 0 Å². The zero-order valence-electron chi connectivity index (χ0n) is 66.1. The lowest BCUT2D eigenvalue weighted by Crippen LogP contribution is -2.30. The minimum atomic E-state index is -5.00. The van der Waals surface area contributed by atoms with Crippen LogP contribution in [-0.4, -0.2) is 96.7 Å². The van der Waals surface area contributed by atoms with Gasteiger partial charge in [0.15, 0.2) is 12.2 Å². The van der Waals surface area contributed by atoms with E-state index in [0.717, 1.165) is 193 Å². The number of esters is 4. The van der Waals surface area contributed by atoms with Crippen LogP contribution >= 0.6 is 15.6 Å². The second-order valence-electron chi connectivity index (χ2n) is 26.6. The van der Waals surface area contributed by atoms with Gasteiger partial charge in [-0.3, -0.25) is 37.3 Å². The predicted octanol–water partition coefficient (Wildman–Crippen LogP) is 24.0. The number of phosphoric ester groups is 2. The molecular formula is C87H144O17P2. The molecule has 3 N–H and O–H groups in total. The number of aliphatic hydroxyl groups excluding tert-OH is 1. The molecule has 604 valence electrons. The van der Waals surface area contributed by atoms with Gasteiger partial charge in [0, 0.05) is 25.7 Å². The molecule has 17 nitrogen and oxygen atoms in total. The maximum Gasteiger partial charge on any atom is 0.472 e. The summed E-state index contributed by atoms with van der Waals surface area (Å²) in [6, 6.07) is 0. The summed E-state index contributed by atoms with van der Waals surface area (Å²) in [5.74, 6) is -2.26. The monoisotopic (exact) mass is 1520 g/mol. The van der Waals surface area contributed by atoms with Crippen molar-refractivity contribution in [1.82, 2.24) is 0 Å². The summed E-state index contributed by atoms with van der Waals surface area (Å²) < 4.78 is 68.6. The topological polar surface area (TPSA) is 237 Å². The van der Waals surface area contributed by atoms with Gasteiger partial charge in [-0.15, -0.1) is 0 Å². The number of hydrogen-bond acceptors (Lipinski definition) is 15. The molecule has 5 atom stereocenters. The normalized spacial score (nSPS) is 14.7. The number of allylic oxidation sites excluding steroid dienone is 26. The van der Waals surface area contributed by atoms with Gasteiger partial charge in [0.2, 0.25) is 0 Å². The molecule has 0 aliphatic rings. The summed E-state index contributed by atoms with van der Waals surface area (Å²) in [6.07, 6.45) is 90.8. The van der Waals surface area contributed by atoms with Crippen LogP contribution in [0.25, 0.3) is 0 Å². The van der Waals surface area contributed by atoms with Gasteiger partial charge < -0.3 is 33.8 Å². The number of rotatable bonds is 75. The van der Waals surface area contributed by atoms with E-state index in [9.17, 15) is 43.2 Å². The molecule has 19 heteroatoms. The van der Waals surface area contributed by atoms with Gasteiger partial charge in [0.1, 0.15) is 19.3 Å². The molecule has 0 aromatic rings. The molecule has 0 heterocycles. The van der Waals surface area contributed by atoms with E-state index in [0.29, 0.717) is 25.7 Å². The van der Waals surface area contributed by atoms with Gasteiger partial charge in [-0.25, -0.2) is 9.13 Å². The summed E-state index contributed by atoms with van der Waals surface area (Å²) in [4.78, 5) is 73.1. The Hall–Kier alpha value is -5.32. The van der Waals surface area contributed by atoms with Gasteiger partial charge in [0.05, 0.1) is 26.4 Å². The third-order valence-electron chi connectivity index (χ3n) is 16.5. The van der Waals surface area contributed by atoms with Crippen LogP contribution in [0.4, 0.5) is 0 Å². The van der Waals surface area contributed by atoms with Crippen molar-refractivity contribution in [2.75, 3.05) is 39.6 Å². The first kappa shape index (κ1) is 101. The van der Waals surface area contributed by atoms with Crippen LogP contribution in [0.15, 0.2) is 158 Å². The highest BCUT2D eigenvalue weighted by molar-refractivity contribution is 7.47. The molecule has 0 saturated carbocycles. The molecule has 0 aromatic heterocycles. The second-order valence-corrected chi connectivity index (χ2v) is 29.5. The average Bonchev–Trinajstić information content (AvgIpc) is 0.919. The largest absolute Gasteiger partial charge is 0.472 e. The third kappa shape index (κ3) is 76.9. The van der Waals surface area contributed by atoms with Gasteiger partial charge in [-0.1, -0.05) is 295 Å². The van der Waals surface area contributed by atoms with E-state index in [1.807, 2.05) is 0 Å². The molecule has 0 aromatic carbocycles. The summed E-state index contributed by atoms with van der Waals surface area (Å²) in [5.41, 5.74) is 0. The molecular weight excluding hydrogens is 1380 g/mol. The van der Waals surface area contributed by atoms with Crippen molar-refractivity contribution >= 4 is 39.5 Å². The Morgan fingerprint density at radius 1 is 0.274 bits per heavy atom. The van der Waals surface area contributed by atoms with E-state index in [-0.39, 0.29) is 25.7 Å². The van der Waals surface area contributed by atoms with Gasteiger partial charge in [0.25, 0.3) is 0 Å². The fraction of sp³-hybridized carbons (Fsp3) is 0.655. The van der Waals surface area contributed by atoms with E-state index < -0.39 is 97.5 Å². The SMILES string of the molecule is CC/C=C\C/C=C\C/C=C\C/C=C\C/C=C\CCCCCC(=O)OCC(COP(=O)(O)OCC(O)COP(=O)(O)OCC(COC(=O)CCCCC/C=C\C/C=C\C/C=C\C/C=C\C/C=C\CC)OC(=O)CCCCCCCCCCCCC)OC(=O)CCCCCCCCC/C=C\C/C=C\C/C=C\CC. The van der Waals surface area contributed by atoms with E-state index >= 15 is 0 Å². The van der Waals surface area contributed by atoms with E-state index in [2.05, 4.69) is 186 Å². The van der Waals surface area contributed by atoms with Crippen molar-refractivity contribution in [3.8, 4) is 0 Å². The number of unbranched alkanes of at least 4 members (excludes halogenated alkanes) is 23. The second kappa shape index (κ2) is 77.8. The minimum absolute atomic E-state index is 0.0708. The fourth-order valence-electron chi connectivity index (χ4n) is 10.4. The number of phosphoric acid groups is 2. The van der Waals surface area contributed by atoms with Crippen LogP contribution in [0, 0.1) is 0 Å². The number of carbonyl (C=O) groups excluding carboxylic acids is 4. The van der Waals surface area contributed by atoms with Crippen LogP contribution in [0.1, 0.15) is 310 Å². The summed E-state index contributed by atoms with van der Waals surface area (Å²) in [5, 5.41) is 10.6. The first-order chi connectivity index (χ1) is 51.7. The smallest absolute Gasteiger partial charge is 0.462 e. The van der Waals surface area contributed by atoms with Crippen molar-refractivity contribution in [3.05, 3.63) is 158 Å². The van der Waals surface area contributed by atoms with Crippen molar-refractivity contribution in [2.24, 2.45) is 0 Å². The average molecular weight is 1520 g/mol. The maximum atomic E-state index is 13.1. The standard InChI is InChI=1S/C87H144O17P2/c1-5-9-13-17-21-25-29-32-35-38-40-43-45-48-52-55-59-63-67-71-84(89)97-77-82(103-86(91)73-69-65-61-57-51-28-24-20-16-12-8-4)79-101-105(93,94)99-75-81(88)76-100-106(95,96)102-80-83(104-87(92)74-70-66-62-58-54-50-47-42-37-34-31-27-23-19-15-11-7-3)78-98-85(90)72-68-64-60-56-53-49-46-44-41-39-36-33-30-26-22-18-14-10-6-2/h9-11,13-15,21-23,25-27,32-37,40-41,43-44,48-49,52-53,81-83,88H,5-8,12,16-20,24,28-31,38-39,42,45-47,50-51,54-80H2,1-4H3,(H,93,94)(H,95,96)/b13-9-,14-10-,15-11-,25-21-,26-22-,27-23-,35-32-,36-33-,37-34-,43-40-,44-41-,52-48-,53-49-. The molecule has 5 unspecified atom stereocenters. The summed E-state index contributed by atoms with van der Waals surface area (Å²) in [7, 11) is -9.99. The lowest BCUT2D eigenvalue weighted by atomic mass is 10.1. The third-order valence-corrected chi connectivity index (χ3v) is 18.4. The quantitative estimate of drug-likeness (QED) is 0.0169. The Balaban J connectivity index is 5.41. The molecule has 0 aliphatic carbocycles. The van der Waals surface area contributed by atoms with Crippen LogP contribution < -0.4 is 0 Å². The van der Waals surface area contributed by atoms with Crippen molar-refractivity contribution in [2.45, 2.75) is 329 Å². The molecule has 0 amide bonds. The lowest BCUT2D eigenvalue weighted by Gasteiger charge is -2.21. The van der Waals surface area contributed by atoms with Gasteiger partial charge >= 0.3 is 39.5 Å². The Kier molecular flexibility index (Phi) is 73.9. The molecule has 0 rings (SSSR count). The van der Waals surface area contributed by atoms with Crippen LogP contribution in [0.2, 0.25) is 0 Å². The van der Waals surface area contributed by atoms with Crippen LogP contribution in [0.3, 0.4) is 0 Å². The molecule has 0 fully saturated rings. The van der Waals surface area contributed by atoms with E-state index in [4.69, 9.17) is 37.0 Å². The first-order valence-corrected chi connectivity index (χ1v) is 43.7. The summed E-state index contributed by atoms with van der Waals surface area (Å²) >= 11 is 0. The Morgan fingerprint density at radius 2 is 0.491 bits per heavy atom. The molecule has 0 radical (unpaired) electrons. The molecule has 106 heavy (non-hydrogen) atoms. The molecule has 0 saturated heterocycles. The predicted molar refractivity (Wildman–Crippen MR) is 436 cm³/mol. The molecule has 0 bridgehead atoms. The fourth-order valence-corrected chi connectivity index (χ4v) is 12.0. The van der Waals surface area contributed by atoms with E-state index in [1.165, 1.54) is 38.5 Å². The van der Waals surface area contributed by atoms with Crippen molar-refractivity contribution < 1.29 is 80.2 Å². The lowest BCUT2D eigenvalue weighted by molar-refractivity contribution is -0.161. The van der Waals surface area contributed by atoms with Gasteiger partial charge in [-0.2, -0.15) is 0 Å². The van der Waals surface area contributed by atoms with Crippen LogP contribution in [-0.2, 0) is 65.4 Å².